The average Bonchev–Trinajstić information content (AvgIpc) is 2.88. The molecule has 1 aliphatic heterocycles. The van der Waals surface area contributed by atoms with Gasteiger partial charge >= 0.3 is 5.97 Å². The predicted octanol–water partition coefficient (Wildman–Crippen LogP) is 2.77. The largest absolute Gasteiger partial charge is 0.481 e. The van der Waals surface area contributed by atoms with Crippen LogP contribution in [0.15, 0.2) is 29.2 Å². The van der Waals surface area contributed by atoms with Gasteiger partial charge in [-0.25, -0.2) is 4.39 Å². The number of nitrogens with zero attached hydrogens (tertiary/aromatic N) is 1. The number of hydrogen-bond acceptors (Lipinski definition) is 3. The standard InChI is InChI=1S/C15H18FNO3S/c16-11-3-5-13(6-4-11)21-9-7-14(18)17-8-1-2-12(17)10-15(19)20/h3-6,12H,1-2,7-10H2,(H,19,20). The molecule has 1 unspecified atom stereocenters. The summed E-state index contributed by atoms with van der Waals surface area (Å²) in [5, 5.41) is 8.85. The molecule has 0 aromatic heterocycles. The number of amides is 1. The zero-order valence-corrected chi connectivity index (χ0v) is 12.4. The van der Waals surface area contributed by atoms with Crippen LogP contribution in [0.2, 0.25) is 0 Å². The summed E-state index contributed by atoms with van der Waals surface area (Å²) in [6.45, 7) is 0.651. The van der Waals surface area contributed by atoms with E-state index < -0.39 is 5.97 Å². The molecule has 1 amide bonds. The molecule has 1 N–H and O–H groups in total. The minimum atomic E-state index is -0.861. The number of aliphatic carboxylic acids is 1. The Kier molecular flexibility index (Phi) is 5.61. The van der Waals surface area contributed by atoms with Crippen molar-refractivity contribution in [2.24, 2.45) is 0 Å². The first-order valence-electron chi connectivity index (χ1n) is 6.96. The summed E-state index contributed by atoms with van der Waals surface area (Å²) < 4.78 is 12.8. The Bertz CT molecular complexity index is 506. The molecule has 4 nitrogen and oxygen atoms in total. The minimum Gasteiger partial charge on any atom is -0.481 e. The summed E-state index contributed by atoms with van der Waals surface area (Å²) in [6, 6.07) is 6.01. The second-order valence-electron chi connectivity index (χ2n) is 5.03. The Morgan fingerprint density at radius 3 is 2.71 bits per heavy atom. The van der Waals surface area contributed by atoms with Crippen LogP contribution in [0.5, 0.6) is 0 Å². The lowest BCUT2D eigenvalue weighted by atomic mass is 10.1. The monoisotopic (exact) mass is 311 g/mol. The first-order chi connectivity index (χ1) is 10.1. The third kappa shape index (κ3) is 4.74. The van der Waals surface area contributed by atoms with Gasteiger partial charge in [0.25, 0.3) is 0 Å². The molecule has 0 saturated carbocycles. The molecular weight excluding hydrogens is 293 g/mol. The maximum absolute atomic E-state index is 12.8. The second kappa shape index (κ2) is 7.45. The summed E-state index contributed by atoms with van der Waals surface area (Å²) >= 11 is 1.50. The van der Waals surface area contributed by atoms with Crippen molar-refractivity contribution in [3.63, 3.8) is 0 Å². The Morgan fingerprint density at radius 2 is 2.05 bits per heavy atom. The number of carbonyl (C=O) groups is 2. The molecule has 1 saturated heterocycles. The highest BCUT2D eigenvalue weighted by molar-refractivity contribution is 7.99. The van der Waals surface area contributed by atoms with Gasteiger partial charge in [-0.05, 0) is 37.1 Å². The first-order valence-corrected chi connectivity index (χ1v) is 7.94. The number of carboxylic acids is 1. The van der Waals surface area contributed by atoms with Crippen LogP contribution in [0.3, 0.4) is 0 Å². The van der Waals surface area contributed by atoms with Gasteiger partial charge in [0, 0.05) is 29.7 Å². The molecule has 1 aliphatic rings. The molecule has 0 spiro atoms. The molecule has 0 radical (unpaired) electrons. The Hall–Kier alpha value is -1.56. The van der Waals surface area contributed by atoms with Crippen molar-refractivity contribution >= 4 is 23.6 Å². The highest BCUT2D eigenvalue weighted by atomic mass is 32.2. The number of likely N-dealkylation sites (tertiary alicyclic amines) is 1. The van der Waals surface area contributed by atoms with Gasteiger partial charge in [0.15, 0.2) is 0 Å². The number of benzene rings is 1. The highest BCUT2D eigenvalue weighted by Crippen LogP contribution is 2.23. The number of halogens is 1. The Morgan fingerprint density at radius 1 is 1.33 bits per heavy atom. The van der Waals surface area contributed by atoms with Crippen LogP contribution in [0.1, 0.15) is 25.7 Å². The molecule has 6 heteroatoms. The van der Waals surface area contributed by atoms with E-state index in [1.807, 2.05) is 0 Å². The fourth-order valence-electron chi connectivity index (χ4n) is 2.51. The van der Waals surface area contributed by atoms with Gasteiger partial charge in [-0.2, -0.15) is 0 Å². The average molecular weight is 311 g/mol. The summed E-state index contributed by atoms with van der Waals surface area (Å²) in [5.74, 6) is -0.515. The normalized spacial score (nSPS) is 18.0. The molecule has 1 aromatic rings. The van der Waals surface area contributed by atoms with Gasteiger partial charge in [0.2, 0.25) is 5.91 Å². The number of hydrogen-bond donors (Lipinski definition) is 1. The van der Waals surface area contributed by atoms with Crippen LogP contribution in [-0.2, 0) is 9.59 Å². The fourth-order valence-corrected chi connectivity index (χ4v) is 3.35. The van der Waals surface area contributed by atoms with Crippen LogP contribution < -0.4 is 0 Å². The van der Waals surface area contributed by atoms with Crippen LogP contribution in [0.4, 0.5) is 4.39 Å². The molecule has 1 heterocycles. The van der Waals surface area contributed by atoms with Gasteiger partial charge in [0.05, 0.1) is 6.42 Å². The molecular formula is C15H18FNO3S. The number of carboxylic acid groups (broad SMARTS) is 1. The van der Waals surface area contributed by atoms with Crippen molar-refractivity contribution in [1.29, 1.82) is 0 Å². The minimum absolute atomic E-state index is 0.00774. The van der Waals surface area contributed by atoms with Gasteiger partial charge in [-0.3, -0.25) is 9.59 Å². The van der Waals surface area contributed by atoms with Gasteiger partial charge in [-0.1, -0.05) is 0 Å². The topological polar surface area (TPSA) is 57.6 Å². The molecule has 0 aliphatic carbocycles. The SMILES string of the molecule is O=C(O)CC1CCCN1C(=O)CCSc1ccc(F)cc1. The highest BCUT2D eigenvalue weighted by Gasteiger charge is 2.29. The van der Waals surface area contributed by atoms with Crippen LogP contribution in [0.25, 0.3) is 0 Å². The van der Waals surface area contributed by atoms with Crippen LogP contribution in [0, 0.1) is 5.82 Å². The van der Waals surface area contributed by atoms with Crippen molar-refractivity contribution in [2.45, 2.75) is 36.6 Å². The smallest absolute Gasteiger partial charge is 0.305 e. The van der Waals surface area contributed by atoms with E-state index in [0.29, 0.717) is 18.7 Å². The predicted molar refractivity (Wildman–Crippen MR) is 78.7 cm³/mol. The zero-order valence-electron chi connectivity index (χ0n) is 11.6. The molecule has 21 heavy (non-hydrogen) atoms. The van der Waals surface area contributed by atoms with E-state index in [1.165, 1.54) is 23.9 Å². The van der Waals surface area contributed by atoms with E-state index >= 15 is 0 Å². The van der Waals surface area contributed by atoms with E-state index in [2.05, 4.69) is 0 Å². The summed E-state index contributed by atoms with van der Waals surface area (Å²) in [7, 11) is 0. The van der Waals surface area contributed by atoms with Crippen molar-refractivity contribution in [3.05, 3.63) is 30.1 Å². The fraction of sp³-hybridized carbons (Fsp3) is 0.467. The first kappa shape index (κ1) is 15.8. The molecule has 1 aromatic carbocycles. The van der Waals surface area contributed by atoms with E-state index in [0.717, 1.165) is 17.7 Å². The molecule has 2 rings (SSSR count). The molecule has 1 fully saturated rings. The third-order valence-corrected chi connectivity index (χ3v) is 4.52. The Labute approximate surface area is 127 Å². The van der Waals surface area contributed by atoms with E-state index in [9.17, 15) is 14.0 Å². The Balaban J connectivity index is 1.78. The van der Waals surface area contributed by atoms with Crippen molar-refractivity contribution < 1.29 is 19.1 Å². The van der Waals surface area contributed by atoms with E-state index in [-0.39, 0.29) is 24.2 Å². The van der Waals surface area contributed by atoms with Gasteiger partial charge in [-0.15, -0.1) is 11.8 Å². The zero-order chi connectivity index (χ0) is 15.2. The van der Waals surface area contributed by atoms with Crippen molar-refractivity contribution in [2.75, 3.05) is 12.3 Å². The summed E-state index contributed by atoms with van der Waals surface area (Å²) in [4.78, 5) is 25.5. The van der Waals surface area contributed by atoms with E-state index in [1.54, 1.807) is 17.0 Å². The lowest BCUT2D eigenvalue weighted by Gasteiger charge is -2.23. The molecule has 114 valence electrons. The maximum Gasteiger partial charge on any atom is 0.305 e. The second-order valence-corrected chi connectivity index (χ2v) is 6.20. The quantitative estimate of drug-likeness (QED) is 0.821. The van der Waals surface area contributed by atoms with Gasteiger partial charge in [0.1, 0.15) is 5.82 Å². The third-order valence-electron chi connectivity index (χ3n) is 3.51. The lowest BCUT2D eigenvalue weighted by molar-refractivity contribution is -0.139. The molecule has 0 bridgehead atoms. The number of thioether (sulfide) groups is 1. The summed E-state index contributed by atoms with van der Waals surface area (Å²) in [6.07, 6.45) is 2.03. The summed E-state index contributed by atoms with van der Waals surface area (Å²) in [5.41, 5.74) is 0. The lowest BCUT2D eigenvalue weighted by Crippen LogP contribution is -2.36. The molecule has 1 atom stereocenters. The van der Waals surface area contributed by atoms with Crippen LogP contribution >= 0.6 is 11.8 Å². The van der Waals surface area contributed by atoms with Crippen molar-refractivity contribution in [1.82, 2.24) is 4.90 Å². The van der Waals surface area contributed by atoms with Crippen molar-refractivity contribution in [3.8, 4) is 0 Å². The van der Waals surface area contributed by atoms with Gasteiger partial charge < -0.3 is 10.0 Å². The van der Waals surface area contributed by atoms with E-state index in [4.69, 9.17) is 5.11 Å². The van der Waals surface area contributed by atoms with Crippen LogP contribution in [-0.4, -0.2) is 40.2 Å². The number of carbonyl (C=O) groups excluding carboxylic acids is 1. The number of rotatable bonds is 6. The maximum atomic E-state index is 12.8.